The molecule has 11 heteroatoms. The fourth-order valence-electron chi connectivity index (χ4n) is 5.60. The van der Waals surface area contributed by atoms with Gasteiger partial charge in [0.1, 0.15) is 5.65 Å². The van der Waals surface area contributed by atoms with Crippen molar-refractivity contribution in [3.8, 4) is 11.4 Å². The second-order valence-electron chi connectivity index (χ2n) is 9.77. The molecule has 1 amide bonds. The number of carbonyl (C=O) groups excluding carboxylic acids is 1. The van der Waals surface area contributed by atoms with Gasteiger partial charge in [0, 0.05) is 23.8 Å². The van der Waals surface area contributed by atoms with Crippen molar-refractivity contribution in [2.45, 2.75) is 56.7 Å². The Morgan fingerprint density at radius 3 is 2.97 bits per heavy atom. The highest BCUT2D eigenvalue weighted by molar-refractivity contribution is 5.97. The lowest BCUT2D eigenvalue weighted by atomic mass is 9.64. The molecule has 34 heavy (non-hydrogen) atoms. The topological polar surface area (TPSA) is 169 Å². The van der Waals surface area contributed by atoms with Gasteiger partial charge in [-0.25, -0.2) is 4.98 Å². The highest BCUT2D eigenvalue weighted by Gasteiger charge is 2.44. The van der Waals surface area contributed by atoms with Gasteiger partial charge < -0.3 is 35.5 Å². The normalized spacial score (nSPS) is 26.7. The van der Waals surface area contributed by atoms with Gasteiger partial charge in [-0.3, -0.25) is 4.79 Å². The Morgan fingerprint density at radius 2 is 2.18 bits per heavy atom. The van der Waals surface area contributed by atoms with E-state index in [-0.39, 0.29) is 17.8 Å². The quantitative estimate of drug-likeness (QED) is 0.299. The lowest BCUT2D eigenvalue weighted by Gasteiger charge is -2.48. The minimum absolute atomic E-state index is 0.173. The zero-order chi connectivity index (χ0) is 23.9. The van der Waals surface area contributed by atoms with Crippen molar-refractivity contribution in [1.82, 2.24) is 25.4 Å². The van der Waals surface area contributed by atoms with Crippen molar-refractivity contribution >= 4 is 22.6 Å². The number of aliphatic hydroxyl groups is 3. The minimum Gasteiger partial charge on any atom is -0.394 e. The van der Waals surface area contributed by atoms with Crippen LogP contribution in [-0.2, 0) is 0 Å². The Morgan fingerprint density at radius 1 is 1.35 bits per heavy atom. The van der Waals surface area contributed by atoms with Gasteiger partial charge in [0.15, 0.2) is 0 Å². The van der Waals surface area contributed by atoms with E-state index in [4.69, 9.17) is 4.52 Å². The van der Waals surface area contributed by atoms with Crippen molar-refractivity contribution in [2.24, 2.45) is 11.8 Å². The molecule has 0 aromatic carbocycles. The predicted molar refractivity (Wildman–Crippen MR) is 123 cm³/mol. The van der Waals surface area contributed by atoms with Gasteiger partial charge in [0.25, 0.3) is 0 Å². The number of fused-ring (bicyclic) bond motifs is 3. The Hall–Kier alpha value is -3.02. The van der Waals surface area contributed by atoms with Crippen LogP contribution in [0.25, 0.3) is 22.4 Å². The van der Waals surface area contributed by atoms with Crippen LogP contribution in [0.5, 0.6) is 0 Å². The summed E-state index contributed by atoms with van der Waals surface area (Å²) < 4.78 is 5.17. The number of rotatable bonds is 7. The molecule has 3 aromatic rings. The first-order valence-corrected chi connectivity index (χ1v) is 11.7. The molecule has 6 N–H and O–H groups in total. The van der Waals surface area contributed by atoms with Gasteiger partial charge in [-0.2, -0.15) is 4.98 Å². The zero-order valence-corrected chi connectivity index (χ0v) is 19.0. The molecule has 2 aliphatic rings. The number of aromatic amines is 1. The fourth-order valence-corrected chi connectivity index (χ4v) is 5.60. The van der Waals surface area contributed by atoms with Crippen LogP contribution in [0.1, 0.15) is 49.7 Å². The van der Waals surface area contributed by atoms with Crippen LogP contribution in [0.4, 0.5) is 5.69 Å². The fraction of sp³-hybridized carbons (Fsp3) is 0.565. The van der Waals surface area contributed by atoms with E-state index in [9.17, 15) is 20.1 Å². The molecule has 5 rings (SSSR count). The van der Waals surface area contributed by atoms with Crippen molar-refractivity contribution in [2.75, 3.05) is 18.5 Å². The van der Waals surface area contributed by atoms with Crippen LogP contribution in [0.3, 0.4) is 0 Å². The highest BCUT2D eigenvalue weighted by atomic mass is 16.5. The molecule has 2 bridgehead atoms. The summed E-state index contributed by atoms with van der Waals surface area (Å²) in [6.07, 6.45) is 7.76. The molecule has 182 valence electrons. The van der Waals surface area contributed by atoms with E-state index >= 15 is 0 Å². The molecule has 11 nitrogen and oxygen atoms in total. The number of hydrogen-bond donors (Lipinski definition) is 6. The van der Waals surface area contributed by atoms with E-state index in [1.54, 1.807) is 6.20 Å². The summed E-state index contributed by atoms with van der Waals surface area (Å²) in [5, 5.41) is 40.3. The van der Waals surface area contributed by atoms with E-state index in [2.05, 4.69) is 37.7 Å². The molecule has 0 aliphatic heterocycles. The third-order valence-electron chi connectivity index (χ3n) is 7.12. The van der Waals surface area contributed by atoms with Crippen molar-refractivity contribution in [3.63, 3.8) is 0 Å². The summed E-state index contributed by atoms with van der Waals surface area (Å²) in [5.74, 6) is 0.0678. The molecule has 4 atom stereocenters. The minimum atomic E-state index is -0.819. The van der Waals surface area contributed by atoms with E-state index in [0.29, 0.717) is 23.0 Å². The smallest absolute Gasteiger partial charge is 0.316 e. The largest absolute Gasteiger partial charge is 0.394 e. The second kappa shape index (κ2) is 8.97. The van der Waals surface area contributed by atoms with Crippen molar-refractivity contribution in [3.05, 3.63) is 24.4 Å². The lowest BCUT2D eigenvalue weighted by Crippen LogP contribution is -2.49. The first kappa shape index (κ1) is 22.8. The average Bonchev–Trinajstić information content (AvgIpc) is 3.48. The molecule has 1 unspecified atom stereocenters. The molecule has 3 heterocycles. The van der Waals surface area contributed by atoms with Crippen LogP contribution in [0.15, 0.2) is 23.0 Å². The SMILES string of the molecule is CC1C[C@H]2C[C@](O)(CC[C@@H]2Nc2c(-c3noc(C(=O)NC(CO)CO)n3)cnc3[nH]ccc23)C1. The maximum absolute atomic E-state index is 12.4. The number of amides is 1. The number of nitrogens with one attached hydrogen (secondary N) is 3. The molecule has 2 saturated carbocycles. The summed E-state index contributed by atoms with van der Waals surface area (Å²) >= 11 is 0. The van der Waals surface area contributed by atoms with Crippen LogP contribution in [-0.4, -0.2) is 72.2 Å². The lowest BCUT2D eigenvalue weighted by molar-refractivity contribution is -0.0677. The van der Waals surface area contributed by atoms with Crippen LogP contribution in [0.2, 0.25) is 0 Å². The number of H-pyrrole nitrogens is 1. The zero-order valence-electron chi connectivity index (χ0n) is 19.0. The van der Waals surface area contributed by atoms with E-state index in [1.165, 1.54) is 0 Å². The van der Waals surface area contributed by atoms with Gasteiger partial charge in [-0.05, 0) is 50.0 Å². The third-order valence-corrected chi connectivity index (χ3v) is 7.12. The molecule has 2 fully saturated rings. The van der Waals surface area contributed by atoms with Gasteiger partial charge >= 0.3 is 11.8 Å². The number of pyridine rings is 1. The van der Waals surface area contributed by atoms with E-state index in [1.807, 2.05) is 12.3 Å². The molecular formula is C23H30N6O5. The standard InChI is InChI=1S/C23H30N6O5/c1-12-6-13-8-23(33,7-12)4-2-17(13)27-18-15-3-5-24-19(15)25-9-16(18)20-28-22(34-29-20)21(32)26-14(10-30)11-31/h3,5,9,12-14,17,30-31,33H,2,4,6-8,10-11H2,1H3,(H,26,32)(H2,24,25,27)/t12?,13-,17-,23-/m0/s1. The Bertz CT molecular complexity index is 1170. The maximum Gasteiger partial charge on any atom is 0.316 e. The van der Waals surface area contributed by atoms with Crippen molar-refractivity contribution < 1.29 is 24.6 Å². The highest BCUT2D eigenvalue weighted by Crippen LogP contribution is 2.47. The van der Waals surface area contributed by atoms with Gasteiger partial charge in [-0.1, -0.05) is 12.1 Å². The summed E-state index contributed by atoms with van der Waals surface area (Å²) in [7, 11) is 0. The van der Waals surface area contributed by atoms with Crippen LogP contribution >= 0.6 is 0 Å². The Labute approximate surface area is 196 Å². The predicted octanol–water partition coefficient (Wildman–Crippen LogP) is 1.44. The number of nitrogens with zero attached hydrogens (tertiary/aromatic N) is 3. The first-order chi connectivity index (χ1) is 16.4. The molecule has 3 aromatic heterocycles. The van der Waals surface area contributed by atoms with Crippen molar-refractivity contribution in [1.29, 1.82) is 0 Å². The Balaban J connectivity index is 1.45. The number of hydrogen-bond acceptors (Lipinski definition) is 9. The van der Waals surface area contributed by atoms with E-state index in [0.717, 1.165) is 43.2 Å². The molecular weight excluding hydrogens is 440 g/mol. The molecule has 0 radical (unpaired) electrons. The Kier molecular flexibility index (Phi) is 6.00. The number of aliphatic hydroxyl groups excluding tert-OH is 2. The van der Waals surface area contributed by atoms with Crippen LogP contribution in [0, 0.1) is 11.8 Å². The van der Waals surface area contributed by atoms with Gasteiger partial charge in [0.2, 0.25) is 5.82 Å². The van der Waals surface area contributed by atoms with Gasteiger partial charge in [0.05, 0.1) is 36.1 Å². The number of carbonyl (C=O) groups is 1. The maximum atomic E-state index is 12.4. The van der Waals surface area contributed by atoms with Crippen LogP contribution < -0.4 is 10.6 Å². The third kappa shape index (κ3) is 4.26. The summed E-state index contributed by atoms with van der Waals surface area (Å²) in [4.78, 5) is 24.2. The number of anilines is 1. The summed E-state index contributed by atoms with van der Waals surface area (Å²) in [5.41, 5.74) is 1.55. The first-order valence-electron chi connectivity index (χ1n) is 11.7. The number of aromatic nitrogens is 4. The molecule has 0 saturated heterocycles. The van der Waals surface area contributed by atoms with E-state index < -0.39 is 30.8 Å². The summed E-state index contributed by atoms with van der Waals surface area (Å²) in [6, 6.07) is 1.28. The average molecular weight is 471 g/mol. The molecule has 2 aliphatic carbocycles. The molecule has 0 spiro atoms. The second-order valence-corrected chi connectivity index (χ2v) is 9.77. The summed E-state index contributed by atoms with van der Waals surface area (Å²) in [6.45, 7) is 1.37. The monoisotopic (exact) mass is 470 g/mol. The van der Waals surface area contributed by atoms with Gasteiger partial charge in [-0.15, -0.1) is 0 Å².